The second-order valence-electron chi connectivity index (χ2n) is 7.52. The number of anilines is 1. The fourth-order valence-electron chi connectivity index (χ4n) is 4.00. The molecule has 0 radical (unpaired) electrons. The van der Waals surface area contributed by atoms with Gasteiger partial charge in [-0.15, -0.1) is 11.3 Å². The molecule has 0 atom stereocenters. The first-order valence-electron chi connectivity index (χ1n) is 10.1. The Balaban J connectivity index is 1.46. The summed E-state index contributed by atoms with van der Waals surface area (Å²) in [4.78, 5) is 33.5. The quantitative estimate of drug-likeness (QED) is 0.391. The highest BCUT2D eigenvalue weighted by atomic mass is 32.1. The summed E-state index contributed by atoms with van der Waals surface area (Å²) < 4.78 is 5.44. The Morgan fingerprint density at radius 1 is 1.23 bits per heavy atom. The lowest BCUT2D eigenvalue weighted by Crippen LogP contribution is -2.30. The second-order valence-corrected chi connectivity index (χ2v) is 8.60. The van der Waals surface area contributed by atoms with Crippen molar-refractivity contribution in [3.63, 3.8) is 0 Å². The molecule has 1 aliphatic heterocycles. The molecule has 1 amide bonds. The molecule has 6 nitrogen and oxygen atoms in total. The molecule has 2 aromatic heterocycles. The molecule has 0 aliphatic carbocycles. The van der Waals surface area contributed by atoms with E-state index < -0.39 is 11.5 Å². The molecule has 2 aromatic carbocycles. The van der Waals surface area contributed by atoms with Gasteiger partial charge in [-0.05, 0) is 35.9 Å². The number of rotatable bonds is 4. The third-order valence-corrected chi connectivity index (χ3v) is 6.45. The molecule has 152 valence electrons. The average molecular weight is 420 g/mol. The van der Waals surface area contributed by atoms with E-state index >= 15 is 0 Å². The molecular formula is C23H21N3O3S. The van der Waals surface area contributed by atoms with Gasteiger partial charge in [-0.3, -0.25) is 15.0 Å². The van der Waals surface area contributed by atoms with Crippen molar-refractivity contribution in [3.05, 3.63) is 69.0 Å². The van der Waals surface area contributed by atoms with Crippen molar-refractivity contribution in [2.45, 2.75) is 26.3 Å². The fraction of sp³-hybridized carbons (Fsp3) is 0.261. The Morgan fingerprint density at radius 3 is 2.97 bits per heavy atom. The van der Waals surface area contributed by atoms with Crippen LogP contribution in [0.2, 0.25) is 0 Å². The first-order chi connectivity index (χ1) is 14.6. The van der Waals surface area contributed by atoms with E-state index in [4.69, 9.17) is 4.42 Å². The number of carbonyl (C=O) groups excluding carboxylic acids is 1. The van der Waals surface area contributed by atoms with Crippen LogP contribution < -0.4 is 10.9 Å². The smallest absolute Gasteiger partial charge is 0.349 e. The summed E-state index contributed by atoms with van der Waals surface area (Å²) >= 11 is 1.48. The minimum absolute atomic E-state index is 0.0142. The van der Waals surface area contributed by atoms with Gasteiger partial charge in [0.05, 0.1) is 5.69 Å². The van der Waals surface area contributed by atoms with Gasteiger partial charge in [0.1, 0.15) is 11.1 Å². The molecule has 30 heavy (non-hydrogen) atoms. The topological polar surface area (TPSA) is 75.4 Å². The van der Waals surface area contributed by atoms with Gasteiger partial charge in [-0.1, -0.05) is 37.3 Å². The summed E-state index contributed by atoms with van der Waals surface area (Å²) in [7, 11) is 0. The van der Waals surface area contributed by atoms with E-state index in [0.717, 1.165) is 54.3 Å². The van der Waals surface area contributed by atoms with Gasteiger partial charge in [0.2, 0.25) is 0 Å². The van der Waals surface area contributed by atoms with Gasteiger partial charge in [0.25, 0.3) is 5.91 Å². The van der Waals surface area contributed by atoms with Crippen LogP contribution in [0.3, 0.4) is 0 Å². The van der Waals surface area contributed by atoms with Gasteiger partial charge in [-0.2, -0.15) is 0 Å². The highest BCUT2D eigenvalue weighted by Gasteiger charge is 2.22. The number of nitrogens with zero attached hydrogens (tertiary/aromatic N) is 2. The molecule has 0 fully saturated rings. The van der Waals surface area contributed by atoms with Crippen LogP contribution in [0, 0.1) is 0 Å². The van der Waals surface area contributed by atoms with Crippen molar-refractivity contribution < 1.29 is 9.21 Å². The van der Waals surface area contributed by atoms with Crippen molar-refractivity contribution in [1.29, 1.82) is 0 Å². The maximum absolute atomic E-state index is 12.9. The van der Waals surface area contributed by atoms with Crippen LogP contribution in [0.25, 0.3) is 21.7 Å². The van der Waals surface area contributed by atoms with Gasteiger partial charge in [0, 0.05) is 29.8 Å². The molecule has 0 unspecified atom stereocenters. The summed E-state index contributed by atoms with van der Waals surface area (Å²) in [5.41, 5.74) is 0.848. The molecule has 0 bridgehead atoms. The number of hydrogen-bond acceptors (Lipinski definition) is 6. The Morgan fingerprint density at radius 2 is 2.10 bits per heavy atom. The zero-order chi connectivity index (χ0) is 20.7. The first kappa shape index (κ1) is 19.0. The highest BCUT2D eigenvalue weighted by molar-refractivity contribution is 7.15. The molecule has 1 aliphatic rings. The Kier molecular flexibility index (Phi) is 4.84. The molecule has 5 rings (SSSR count). The maximum Gasteiger partial charge on any atom is 0.349 e. The van der Waals surface area contributed by atoms with E-state index in [1.165, 1.54) is 16.2 Å². The zero-order valence-electron chi connectivity index (χ0n) is 16.6. The van der Waals surface area contributed by atoms with Crippen LogP contribution >= 0.6 is 11.3 Å². The van der Waals surface area contributed by atoms with E-state index in [9.17, 15) is 9.59 Å². The number of nitrogens with one attached hydrogen (secondary N) is 1. The SMILES string of the molecule is CCCN1CCc2nc(NC(=O)c3cc4c(ccc5ccccc54)oc3=O)sc2C1. The molecule has 3 heterocycles. The lowest BCUT2D eigenvalue weighted by atomic mass is 10.0. The molecular weight excluding hydrogens is 398 g/mol. The predicted octanol–water partition coefficient (Wildman–Crippen LogP) is 4.42. The number of benzene rings is 2. The van der Waals surface area contributed by atoms with Gasteiger partial charge in [0.15, 0.2) is 5.13 Å². The number of carbonyl (C=O) groups is 1. The van der Waals surface area contributed by atoms with E-state index in [-0.39, 0.29) is 5.56 Å². The predicted molar refractivity (Wildman–Crippen MR) is 119 cm³/mol. The summed E-state index contributed by atoms with van der Waals surface area (Å²) in [6.07, 6.45) is 2.00. The average Bonchev–Trinajstić information content (AvgIpc) is 3.14. The summed E-state index contributed by atoms with van der Waals surface area (Å²) in [6, 6.07) is 13.1. The zero-order valence-corrected chi connectivity index (χ0v) is 17.4. The second kappa shape index (κ2) is 7.66. The number of amides is 1. The van der Waals surface area contributed by atoms with Crippen LogP contribution in [0.1, 0.15) is 34.3 Å². The molecule has 7 heteroatoms. The lowest BCUT2D eigenvalue weighted by molar-refractivity contribution is 0.102. The summed E-state index contributed by atoms with van der Waals surface area (Å²) in [5.74, 6) is -0.491. The van der Waals surface area contributed by atoms with Crippen LogP contribution in [0.15, 0.2) is 51.7 Å². The minimum Gasteiger partial charge on any atom is -0.422 e. The summed E-state index contributed by atoms with van der Waals surface area (Å²) in [5, 5.41) is 6.04. The molecule has 0 saturated heterocycles. The first-order valence-corrected chi connectivity index (χ1v) is 10.9. The van der Waals surface area contributed by atoms with Crippen molar-refractivity contribution in [1.82, 2.24) is 9.88 Å². The Bertz CT molecular complexity index is 1320. The third kappa shape index (κ3) is 3.40. The van der Waals surface area contributed by atoms with E-state index in [2.05, 4.69) is 22.1 Å². The molecule has 0 saturated carbocycles. The maximum atomic E-state index is 12.9. The fourth-order valence-corrected chi connectivity index (χ4v) is 5.05. The Hall–Kier alpha value is -3.03. The van der Waals surface area contributed by atoms with Crippen molar-refractivity contribution >= 4 is 44.1 Å². The monoisotopic (exact) mass is 419 g/mol. The highest BCUT2D eigenvalue weighted by Crippen LogP contribution is 2.29. The van der Waals surface area contributed by atoms with E-state index in [1.807, 2.05) is 30.3 Å². The van der Waals surface area contributed by atoms with Gasteiger partial charge < -0.3 is 4.42 Å². The lowest BCUT2D eigenvalue weighted by Gasteiger charge is -2.24. The number of hydrogen-bond donors (Lipinski definition) is 1. The van der Waals surface area contributed by atoms with E-state index in [1.54, 1.807) is 12.1 Å². The van der Waals surface area contributed by atoms with Crippen molar-refractivity contribution in [2.75, 3.05) is 18.4 Å². The normalized spacial score (nSPS) is 14.2. The summed E-state index contributed by atoms with van der Waals surface area (Å²) in [6.45, 7) is 5.08. The largest absolute Gasteiger partial charge is 0.422 e. The molecule has 1 N–H and O–H groups in total. The van der Waals surface area contributed by atoms with Crippen LogP contribution in [-0.2, 0) is 13.0 Å². The molecule has 0 spiro atoms. The van der Waals surface area contributed by atoms with Gasteiger partial charge in [-0.25, -0.2) is 9.78 Å². The van der Waals surface area contributed by atoms with E-state index in [0.29, 0.717) is 10.7 Å². The minimum atomic E-state index is -0.647. The van der Waals surface area contributed by atoms with Crippen molar-refractivity contribution in [3.8, 4) is 0 Å². The van der Waals surface area contributed by atoms with Crippen LogP contribution in [0.4, 0.5) is 5.13 Å². The standard InChI is InChI=1S/C23H21N3O3S/c1-2-10-26-11-9-18-20(13-26)30-23(24-18)25-21(27)17-12-16-15-6-4-3-5-14(15)7-8-19(16)29-22(17)28/h3-8,12H,2,9-11,13H2,1H3,(H,24,25,27). The Labute approximate surface area is 177 Å². The number of fused-ring (bicyclic) bond motifs is 4. The van der Waals surface area contributed by atoms with Gasteiger partial charge >= 0.3 is 5.63 Å². The number of thiazole rings is 1. The van der Waals surface area contributed by atoms with Crippen molar-refractivity contribution in [2.24, 2.45) is 0 Å². The third-order valence-electron chi connectivity index (χ3n) is 5.46. The molecule has 4 aromatic rings. The van der Waals surface area contributed by atoms with Crippen LogP contribution in [0.5, 0.6) is 0 Å². The van der Waals surface area contributed by atoms with Crippen LogP contribution in [-0.4, -0.2) is 28.9 Å². The number of aromatic nitrogens is 1.